The maximum Gasteiger partial charge on any atom is 0.308 e. The molecule has 0 amide bonds. The first-order valence-corrected chi connectivity index (χ1v) is 9.50. The average Bonchev–Trinajstić information content (AvgIpc) is 3.08. The lowest BCUT2D eigenvalue weighted by Gasteiger charge is -2.36. The second-order valence-electron chi connectivity index (χ2n) is 6.14. The van der Waals surface area contributed by atoms with Crippen molar-refractivity contribution in [3.63, 3.8) is 0 Å². The lowest BCUT2D eigenvalue weighted by atomic mass is 9.92. The highest BCUT2D eigenvalue weighted by Gasteiger charge is 2.40. The zero-order valence-corrected chi connectivity index (χ0v) is 14.6. The van der Waals surface area contributed by atoms with Gasteiger partial charge in [0.05, 0.1) is 17.4 Å². The first kappa shape index (κ1) is 17.6. The zero-order chi connectivity index (χ0) is 18.0. The molecule has 2 heterocycles. The molecule has 1 N–H and O–H groups in total. The van der Waals surface area contributed by atoms with Crippen LogP contribution in [0.15, 0.2) is 41.8 Å². The average molecular weight is 364 g/mol. The third kappa shape index (κ3) is 3.42. The summed E-state index contributed by atoms with van der Waals surface area (Å²) in [4.78, 5) is 15.5. The molecule has 1 aromatic carbocycles. The molecule has 1 aliphatic heterocycles. The summed E-state index contributed by atoms with van der Waals surface area (Å²) in [7, 11) is -3.80. The predicted molar refractivity (Wildman–Crippen MR) is 89.3 cm³/mol. The quantitative estimate of drug-likeness (QED) is 0.855. The summed E-state index contributed by atoms with van der Waals surface area (Å²) in [6.45, 7) is 2.26. The van der Waals surface area contributed by atoms with Crippen LogP contribution in [0, 0.1) is 5.92 Å². The molecule has 1 aliphatic rings. The van der Waals surface area contributed by atoms with E-state index in [2.05, 4.69) is 10.1 Å². The molecule has 134 valence electrons. The van der Waals surface area contributed by atoms with Gasteiger partial charge < -0.3 is 5.11 Å². The van der Waals surface area contributed by atoms with Crippen LogP contribution < -0.4 is 0 Å². The first-order chi connectivity index (χ1) is 11.9. The van der Waals surface area contributed by atoms with Crippen LogP contribution in [0.25, 0.3) is 0 Å². The normalized spacial score (nSPS) is 22.0. The van der Waals surface area contributed by atoms with Crippen LogP contribution in [0.4, 0.5) is 0 Å². The van der Waals surface area contributed by atoms with Gasteiger partial charge >= 0.3 is 5.97 Å². The first-order valence-electron chi connectivity index (χ1n) is 8.06. The van der Waals surface area contributed by atoms with Crippen LogP contribution in [0.5, 0.6) is 0 Å². The molecule has 8 nitrogen and oxygen atoms in total. The SMILES string of the molecule is C[C@@H]1[C@H](C(=O)O)CCCN1S(=O)(=O)c1ccccc1Cn1cncn1. The van der Waals surface area contributed by atoms with E-state index in [1.807, 2.05) is 0 Å². The van der Waals surface area contributed by atoms with Crippen LogP contribution in [0.3, 0.4) is 0 Å². The van der Waals surface area contributed by atoms with Crippen molar-refractivity contribution in [3.8, 4) is 0 Å². The van der Waals surface area contributed by atoms with Gasteiger partial charge in [-0.3, -0.25) is 4.79 Å². The van der Waals surface area contributed by atoms with Crippen LogP contribution >= 0.6 is 0 Å². The molecular weight excluding hydrogens is 344 g/mol. The summed E-state index contributed by atoms with van der Waals surface area (Å²) < 4.78 is 29.3. The van der Waals surface area contributed by atoms with Crippen LogP contribution in [0.1, 0.15) is 25.3 Å². The Morgan fingerprint density at radius 3 is 2.80 bits per heavy atom. The zero-order valence-electron chi connectivity index (χ0n) is 13.8. The van der Waals surface area contributed by atoms with E-state index in [0.29, 0.717) is 24.9 Å². The number of rotatable bonds is 5. The molecule has 1 aromatic heterocycles. The highest BCUT2D eigenvalue weighted by molar-refractivity contribution is 7.89. The lowest BCUT2D eigenvalue weighted by Crippen LogP contribution is -2.49. The highest BCUT2D eigenvalue weighted by atomic mass is 32.2. The van der Waals surface area contributed by atoms with Crippen LogP contribution in [0.2, 0.25) is 0 Å². The fourth-order valence-electron chi connectivity index (χ4n) is 3.28. The minimum Gasteiger partial charge on any atom is -0.481 e. The molecule has 2 atom stereocenters. The van der Waals surface area contributed by atoms with Crippen LogP contribution in [-0.2, 0) is 21.4 Å². The lowest BCUT2D eigenvalue weighted by molar-refractivity contribution is -0.144. The Balaban J connectivity index is 1.96. The van der Waals surface area contributed by atoms with Crippen molar-refractivity contribution in [3.05, 3.63) is 42.5 Å². The second kappa shape index (κ2) is 6.93. The van der Waals surface area contributed by atoms with Crippen molar-refractivity contribution in [2.45, 2.75) is 37.2 Å². The smallest absolute Gasteiger partial charge is 0.308 e. The number of nitrogens with zero attached hydrogens (tertiary/aromatic N) is 4. The molecule has 25 heavy (non-hydrogen) atoms. The van der Waals surface area contributed by atoms with Crippen molar-refractivity contribution in [2.75, 3.05) is 6.54 Å². The van der Waals surface area contributed by atoms with Crippen molar-refractivity contribution in [2.24, 2.45) is 5.92 Å². The summed E-state index contributed by atoms with van der Waals surface area (Å²) in [5.41, 5.74) is 0.595. The summed E-state index contributed by atoms with van der Waals surface area (Å²) in [5.74, 6) is -1.64. The maximum atomic E-state index is 13.2. The Bertz CT molecular complexity index is 851. The number of carboxylic acids is 1. The van der Waals surface area contributed by atoms with E-state index in [0.717, 1.165) is 0 Å². The third-order valence-electron chi connectivity index (χ3n) is 4.61. The number of benzene rings is 1. The van der Waals surface area contributed by atoms with Crippen molar-refractivity contribution in [1.82, 2.24) is 19.1 Å². The summed E-state index contributed by atoms with van der Waals surface area (Å²) >= 11 is 0. The molecule has 0 aliphatic carbocycles. The van der Waals surface area contributed by atoms with E-state index >= 15 is 0 Å². The Hall–Kier alpha value is -2.26. The molecule has 0 bridgehead atoms. The Labute approximate surface area is 146 Å². The molecule has 3 rings (SSSR count). The topological polar surface area (TPSA) is 105 Å². The van der Waals surface area contributed by atoms with Gasteiger partial charge in [-0.1, -0.05) is 18.2 Å². The Kier molecular flexibility index (Phi) is 4.87. The van der Waals surface area contributed by atoms with Gasteiger partial charge in [-0.2, -0.15) is 9.40 Å². The second-order valence-corrected chi connectivity index (χ2v) is 8.00. The third-order valence-corrected chi connectivity index (χ3v) is 6.69. The summed E-state index contributed by atoms with van der Waals surface area (Å²) in [5, 5.41) is 13.4. The highest BCUT2D eigenvalue weighted by Crippen LogP contribution is 2.30. The van der Waals surface area contributed by atoms with Gasteiger partial charge in [-0.05, 0) is 31.4 Å². The van der Waals surface area contributed by atoms with E-state index in [-0.39, 0.29) is 11.4 Å². The molecule has 0 radical (unpaired) electrons. The van der Waals surface area contributed by atoms with E-state index in [1.54, 1.807) is 35.9 Å². The van der Waals surface area contributed by atoms with Gasteiger partial charge in [0.1, 0.15) is 12.7 Å². The number of carbonyl (C=O) groups is 1. The van der Waals surface area contributed by atoms with Crippen molar-refractivity contribution >= 4 is 16.0 Å². The summed E-state index contributed by atoms with van der Waals surface area (Å²) in [6, 6.07) is 6.14. The number of piperidine rings is 1. The minimum absolute atomic E-state index is 0.184. The number of hydrogen-bond donors (Lipinski definition) is 1. The molecule has 2 aromatic rings. The molecule has 1 saturated heterocycles. The van der Waals surface area contributed by atoms with Gasteiger partial charge in [0, 0.05) is 12.6 Å². The number of aliphatic carboxylic acids is 1. The van der Waals surface area contributed by atoms with Gasteiger partial charge in [0.25, 0.3) is 0 Å². The molecule has 0 unspecified atom stereocenters. The largest absolute Gasteiger partial charge is 0.481 e. The maximum absolute atomic E-state index is 13.2. The molecular formula is C16H20N4O4S. The minimum atomic E-state index is -3.80. The number of hydrogen-bond acceptors (Lipinski definition) is 5. The van der Waals surface area contributed by atoms with E-state index < -0.39 is 28.0 Å². The van der Waals surface area contributed by atoms with E-state index in [4.69, 9.17) is 0 Å². The van der Waals surface area contributed by atoms with Gasteiger partial charge in [0.15, 0.2) is 0 Å². The number of aromatic nitrogens is 3. The molecule has 1 fully saturated rings. The summed E-state index contributed by atoms with van der Waals surface area (Å²) in [6.07, 6.45) is 3.93. The fraction of sp³-hybridized carbons (Fsp3) is 0.438. The number of sulfonamides is 1. The van der Waals surface area contributed by atoms with E-state index in [9.17, 15) is 18.3 Å². The standard InChI is InChI=1S/C16H20N4O4S/c1-12-14(16(21)22)6-4-8-20(12)25(23,24)15-7-3-2-5-13(15)9-19-11-17-10-18-19/h2-3,5,7,10-12,14H,4,6,8-9H2,1H3,(H,21,22)/t12-,14-/m1/s1. The molecule has 0 spiro atoms. The van der Waals surface area contributed by atoms with Gasteiger partial charge in [-0.25, -0.2) is 18.1 Å². The monoisotopic (exact) mass is 364 g/mol. The van der Waals surface area contributed by atoms with Crippen molar-refractivity contribution < 1.29 is 18.3 Å². The van der Waals surface area contributed by atoms with Gasteiger partial charge in [0.2, 0.25) is 10.0 Å². The van der Waals surface area contributed by atoms with E-state index in [1.165, 1.54) is 17.0 Å². The fourth-order valence-corrected chi connectivity index (χ4v) is 5.20. The molecule has 9 heteroatoms. The van der Waals surface area contributed by atoms with Gasteiger partial charge in [-0.15, -0.1) is 0 Å². The Morgan fingerprint density at radius 1 is 1.36 bits per heavy atom. The Morgan fingerprint density at radius 2 is 2.12 bits per heavy atom. The number of carboxylic acid groups (broad SMARTS) is 1. The van der Waals surface area contributed by atoms with Crippen LogP contribution in [-0.4, -0.2) is 51.1 Å². The predicted octanol–water partition coefficient (Wildman–Crippen LogP) is 1.20. The molecule has 0 saturated carbocycles. The van der Waals surface area contributed by atoms with Crippen molar-refractivity contribution in [1.29, 1.82) is 0 Å².